The van der Waals surface area contributed by atoms with Crippen LogP contribution in [0, 0.1) is 16.4 Å². The van der Waals surface area contributed by atoms with Gasteiger partial charge in [-0.05, 0) is 35.4 Å². The Kier molecular flexibility index (Phi) is 4.33. The molecule has 7 heteroatoms. The molecule has 0 atom stereocenters. The maximum Gasteiger partial charge on any atom is 0.267 e. The van der Waals surface area contributed by atoms with Gasteiger partial charge in [-0.25, -0.2) is 14.6 Å². The molecule has 19 heavy (non-hydrogen) atoms. The zero-order chi connectivity index (χ0) is 14.0. The van der Waals surface area contributed by atoms with Crippen LogP contribution in [0.15, 0.2) is 17.4 Å². The first-order chi connectivity index (χ1) is 8.99. The Balaban J connectivity index is 2.30. The normalized spacial score (nSPS) is 11.2. The van der Waals surface area contributed by atoms with E-state index in [-0.39, 0.29) is 5.56 Å². The van der Waals surface area contributed by atoms with Crippen LogP contribution in [0.4, 0.5) is 0 Å². The van der Waals surface area contributed by atoms with Gasteiger partial charge in [-0.15, -0.1) is 0 Å². The van der Waals surface area contributed by atoms with E-state index >= 15 is 0 Å². The fourth-order valence-electron chi connectivity index (χ4n) is 1.72. The van der Waals surface area contributed by atoms with Gasteiger partial charge in [0.1, 0.15) is 12.2 Å². The number of rotatable bonds is 4. The molecular formula is C12H16IN5O. The molecule has 6 nitrogen and oxygen atoms in total. The van der Waals surface area contributed by atoms with Crippen molar-refractivity contribution in [1.82, 2.24) is 24.3 Å². The third kappa shape index (κ3) is 3.20. The molecular weight excluding hydrogens is 357 g/mol. The Morgan fingerprint density at radius 3 is 2.79 bits per heavy atom. The second-order valence-electron chi connectivity index (χ2n) is 4.83. The summed E-state index contributed by atoms with van der Waals surface area (Å²) >= 11 is 2.03. The lowest BCUT2D eigenvalue weighted by molar-refractivity contribution is 0.459. The largest absolute Gasteiger partial charge is 0.291 e. The molecule has 0 saturated heterocycles. The second-order valence-corrected chi connectivity index (χ2v) is 5.91. The molecule has 0 aromatic carbocycles. The Morgan fingerprint density at radius 1 is 1.37 bits per heavy atom. The van der Waals surface area contributed by atoms with E-state index in [4.69, 9.17) is 0 Å². The monoisotopic (exact) mass is 373 g/mol. The lowest BCUT2D eigenvalue weighted by Gasteiger charge is -2.10. The summed E-state index contributed by atoms with van der Waals surface area (Å²) in [4.78, 5) is 20.5. The van der Waals surface area contributed by atoms with Gasteiger partial charge in [-0.2, -0.15) is 5.10 Å². The fourth-order valence-corrected chi connectivity index (χ4v) is 2.17. The van der Waals surface area contributed by atoms with Gasteiger partial charge in [-0.1, -0.05) is 13.8 Å². The van der Waals surface area contributed by atoms with Crippen LogP contribution in [0.1, 0.15) is 25.4 Å². The van der Waals surface area contributed by atoms with Crippen molar-refractivity contribution in [3.05, 3.63) is 38.1 Å². The van der Waals surface area contributed by atoms with Gasteiger partial charge in [0, 0.05) is 6.54 Å². The van der Waals surface area contributed by atoms with E-state index in [2.05, 4.69) is 28.9 Å². The highest BCUT2D eigenvalue weighted by atomic mass is 127. The minimum absolute atomic E-state index is 0.0350. The molecule has 2 rings (SSSR count). The lowest BCUT2D eigenvalue weighted by Crippen LogP contribution is -2.26. The van der Waals surface area contributed by atoms with Crippen LogP contribution in [0.25, 0.3) is 0 Å². The van der Waals surface area contributed by atoms with Crippen molar-refractivity contribution in [2.24, 2.45) is 5.92 Å². The average molecular weight is 373 g/mol. The minimum atomic E-state index is -0.0350. The quantitative estimate of drug-likeness (QED) is 0.762. The first-order valence-electron chi connectivity index (χ1n) is 6.07. The first-order valence-corrected chi connectivity index (χ1v) is 7.15. The van der Waals surface area contributed by atoms with Crippen LogP contribution < -0.4 is 5.56 Å². The standard InChI is InChI=1S/C12H16IN5O/c1-8(2)4-18-10(14-6-16-18)5-17-7-15-9(3)11(13)12(17)19/h6-8H,4-5H2,1-3H3. The number of nitrogens with zero attached hydrogens (tertiary/aromatic N) is 5. The summed E-state index contributed by atoms with van der Waals surface area (Å²) in [7, 11) is 0. The van der Waals surface area contributed by atoms with Crippen LogP contribution >= 0.6 is 22.6 Å². The SMILES string of the molecule is Cc1ncn(Cc2ncnn2CC(C)C)c(=O)c1I. The van der Waals surface area contributed by atoms with Crippen molar-refractivity contribution in [3.63, 3.8) is 0 Å². The smallest absolute Gasteiger partial charge is 0.267 e. The molecule has 0 radical (unpaired) electrons. The van der Waals surface area contributed by atoms with E-state index in [0.29, 0.717) is 16.0 Å². The number of aromatic nitrogens is 5. The lowest BCUT2D eigenvalue weighted by atomic mass is 10.2. The van der Waals surface area contributed by atoms with Gasteiger partial charge in [0.05, 0.1) is 22.1 Å². The van der Waals surface area contributed by atoms with Gasteiger partial charge >= 0.3 is 0 Å². The highest BCUT2D eigenvalue weighted by Gasteiger charge is 2.10. The predicted molar refractivity (Wildman–Crippen MR) is 79.9 cm³/mol. The van der Waals surface area contributed by atoms with Gasteiger partial charge < -0.3 is 0 Å². The zero-order valence-corrected chi connectivity index (χ0v) is 13.3. The molecule has 0 unspecified atom stereocenters. The predicted octanol–water partition coefficient (Wildman–Crippen LogP) is 1.45. The number of hydrogen-bond acceptors (Lipinski definition) is 4. The number of halogens is 1. The van der Waals surface area contributed by atoms with E-state index < -0.39 is 0 Å². The highest BCUT2D eigenvalue weighted by molar-refractivity contribution is 14.1. The topological polar surface area (TPSA) is 65.6 Å². The van der Waals surface area contributed by atoms with Crippen molar-refractivity contribution in [2.45, 2.75) is 33.9 Å². The summed E-state index contributed by atoms with van der Waals surface area (Å²) in [6.45, 7) is 7.26. The van der Waals surface area contributed by atoms with Gasteiger partial charge in [0.15, 0.2) is 0 Å². The highest BCUT2D eigenvalue weighted by Crippen LogP contribution is 2.05. The van der Waals surface area contributed by atoms with Gasteiger partial charge in [0.2, 0.25) is 0 Å². The molecule has 2 aromatic rings. The van der Waals surface area contributed by atoms with Gasteiger partial charge in [0.25, 0.3) is 5.56 Å². The van der Waals surface area contributed by atoms with E-state index in [1.807, 2.05) is 34.2 Å². The zero-order valence-electron chi connectivity index (χ0n) is 11.2. The molecule has 0 amide bonds. The van der Waals surface area contributed by atoms with Crippen LogP contribution in [0.5, 0.6) is 0 Å². The minimum Gasteiger partial charge on any atom is -0.291 e. The number of aryl methyl sites for hydroxylation is 1. The molecule has 0 fully saturated rings. The van der Waals surface area contributed by atoms with Crippen LogP contribution in [0.3, 0.4) is 0 Å². The third-order valence-electron chi connectivity index (χ3n) is 2.70. The molecule has 2 aromatic heterocycles. The number of hydrogen-bond donors (Lipinski definition) is 0. The van der Waals surface area contributed by atoms with Crippen LogP contribution in [-0.4, -0.2) is 24.3 Å². The second kappa shape index (κ2) is 5.81. The van der Waals surface area contributed by atoms with E-state index in [9.17, 15) is 4.79 Å². The molecule has 0 N–H and O–H groups in total. The molecule has 0 aliphatic carbocycles. The van der Waals surface area contributed by atoms with E-state index in [0.717, 1.165) is 18.1 Å². The fraction of sp³-hybridized carbons (Fsp3) is 0.500. The van der Waals surface area contributed by atoms with E-state index in [1.54, 1.807) is 10.9 Å². The van der Waals surface area contributed by atoms with Crippen LogP contribution in [0.2, 0.25) is 0 Å². The molecule has 0 bridgehead atoms. The Labute approximate surface area is 125 Å². The molecule has 102 valence electrons. The Bertz CT molecular complexity index is 631. The molecule has 0 spiro atoms. The first kappa shape index (κ1) is 14.2. The van der Waals surface area contributed by atoms with Crippen molar-refractivity contribution in [1.29, 1.82) is 0 Å². The molecule has 0 saturated carbocycles. The van der Waals surface area contributed by atoms with Crippen molar-refractivity contribution >= 4 is 22.6 Å². The van der Waals surface area contributed by atoms with Crippen molar-refractivity contribution in [3.8, 4) is 0 Å². The summed E-state index contributed by atoms with van der Waals surface area (Å²) < 4.78 is 4.05. The summed E-state index contributed by atoms with van der Waals surface area (Å²) in [5.74, 6) is 1.26. The van der Waals surface area contributed by atoms with Crippen molar-refractivity contribution < 1.29 is 0 Å². The molecule has 0 aliphatic heterocycles. The maximum absolute atomic E-state index is 12.1. The molecule has 2 heterocycles. The summed E-state index contributed by atoms with van der Waals surface area (Å²) in [5, 5.41) is 4.19. The Hall–Kier alpha value is -1.25. The summed E-state index contributed by atoms with van der Waals surface area (Å²) in [6.07, 6.45) is 3.09. The van der Waals surface area contributed by atoms with Gasteiger partial charge in [-0.3, -0.25) is 9.36 Å². The van der Waals surface area contributed by atoms with Crippen molar-refractivity contribution in [2.75, 3.05) is 0 Å². The summed E-state index contributed by atoms with van der Waals surface area (Å²) in [6, 6.07) is 0. The van der Waals surface area contributed by atoms with Crippen LogP contribution in [-0.2, 0) is 13.1 Å². The van der Waals surface area contributed by atoms with E-state index in [1.165, 1.54) is 6.33 Å². The third-order valence-corrected chi connectivity index (χ3v) is 3.94. The average Bonchev–Trinajstić information content (AvgIpc) is 2.77. The maximum atomic E-state index is 12.1. The Morgan fingerprint density at radius 2 is 2.11 bits per heavy atom. The summed E-state index contributed by atoms with van der Waals surface area (Å²) in [5.41, 5.74) is 0.720. The molecule has 0 aliphatic rings.